The van der Waals surface area contributed by atoms with Crippen LogP contribution in [0.5, 0.6) is 0 Å². The first-order chi connectivity index (χ1) is 10.1. The van der Waals surface area contributed by atoms with Crippen molar-refractivity contribution in [3.63, 3.8) is 0 Å². The lowest BCUT2D eigenvalue weighted by molar-refractivity contribution is -0.126. The molecule has 6 nitrogen and oxygen atoms in total. The Hall–Kier alpha value is -1.95. The molecular formula is C15H21N5O. The molecular weight excluding hydrogens is 266 g/mol. The van der Waals surface area contributed by atoms with Gasteiger partial charge in [-0.25, -0.2) is 0 Å². The molecule has 2 aromatic rings. The van der Waals surface area contributed by atoms with E-state index in [2.05, 4.69) is 27.8 Å². The molecule has 2 aromatic heterocycles. The van der Waals surface area contributed by atoms with Gasteiger partial charge in [0.05, 0.1) is 6.04 Å². The molecule has 0 aromatic carbocycles. The molecule has 0 spiro atoms. The van der Waals surface area contributed by atoms with Crippen molar-refractivity contribution in [2.24, 2.45) is 5.92 Å². The number of hydrogen-bond acceptors (Lipinski definition) is 4. The van der Waals surface area contributed by atoms with E-state index < -0.39 is 0 Å². The van der Waals surface area contributed by atoms with Crippen LogP contribution in [0, 0.1) is 5.92 Å². The molecule has 0 saturated carbocycles. The molecule has 0 bridgehead atoms. The topological polar surface area (TPSA) is 71.3 Å². The van der Waals surface area contributed by atoms with Gasteiger partial charge in [-0.15, -0.1) is 10.2 Å². The Morgan fingerprint density at radius 3 is 3.14 bits per heavy atom. The molecule has 112 valence electrons. The zero-order valence-electron chi connectivity index (χ0n) is 12.4. The van der Waals surface area contributed by atoms with E-state index in [-0.39, 0.29) is 17.9 Å². The first kappa shape index (κ1) is 14.0. The third kappa shape index (κ3) is 2.90. The number of carbonyl (C=O) groups is 1. The minimum absolute atomic E-state index is 0.0860. The van der Waals surface area contributed by atoms with Gasteiger partial charge in [0, 0.05) is 18.2 Å². The highest BCUT2D eigenvalue weighted by Gasteiger charge is 2.26. The highest BCUT2D eigenvalue weighted by atomic mass is 16.2. The second kappa shape index (κ2) is 5.81. The van der Waals surface area contributed by atoms with Crippen molar-refractivity contribution >= 4 is 11.6 Å². The number of piperidine rings is 1. The molecule has 1 fully saturated rings. The maximum atomic E-state index is 12.4. The zero-order chi connectivity index (χ0) is 14.8. The number of fused-ring (bicyclic) bond motifs is 1. The fraction of sp³-hybridized carbons (Fsp3) is 0.533. The van der Waals surface area contributed by atoms with E-state index >= 15 is 0 Å². The van der Waals surface area contributed by atoms with E-state index in [9.17, 15) is 4.79 Å². The van der Waals surface area contributed by atoms with Gasteiger partial charge < -0.3 is 10.6 Å². The Bertz CT molecular complexity index is 638. The number of nitrogens with zero attached hydrogens (tertiary/aromatic N) is 3. The molecule has 1 amide bonds. The highest BCUT2D eigenvalue weighted by Crippen LogP contribution is 2.18. The van der Waals surface area contributed by atoms with Crippen molar-refractivity contribution < 1.29 is 4.79 Å². The molecule has 2 N–H and O–H groups in total. The van der Waals surface area contributed by atoms with Crippen LogP contribution in [0.3, 0.4) is 0 Å². The second-order valence-corrected chi connectivity index (χ2v) is 5.79. The number of amides is 1. The summed E-state index contributed by atoms with van der Waals surface area (Å²) in [6.45, 7) is 4.97. The first-order valence-corrected chi connectivity index (χ1v) is 7.48. The van der Waals surface area contributed by atoms with E-state index in [1.54, 1.807) is 0 Å². The van der Waals surface area contributed by atoms with E-state index in [0.717, 1.165) is 30.9 Å². The van der Waals surface area contributed by atoms with Crippen molar-refractivity contribution in [3.8, 4) is 0 Å². The summed E-state index contributed by atoms with van der Waals surface area (Å²) in [5.74, 6) is 0.965. The average Bonchev–Trinajstić information content (AvgIpc) is 2.91. The van der Waals surface area contributed by atoms with Crippen LogP contribution in [0.2, 0.25) is 0 Å². The fourth-order valence-corrected chi connectivity index (χ4v) is 2.92. The van der Waals surface area contributed by atoms with Gasteiger partial charge in [-0.2, -0.15) is 0 Å². The van der Waals surface area contributed by atoms with Gasteiger partial charge in [0.1, 0.15) is 0 Å². The van der Waals surface area contributed by atoms with Crippen molar-refractivity contribution in [1.82, 2.24) is 25.2 Å². The Kier molecular flexibility index (Phi) is 3.88. The van der Waals surface area contributed by atoms with Crippen LogP contribution in [0.4, 0.5) is 0 Å². The van der Waals surface area contributed by atoms with Crippen LogP contribution in [0.25, 0.3) is 5.65 Å². The number of aromatic nitrogens is 3. The summed E-state index contributed by atoms with van der Waals surface area (Å²) in [7, 11) is 0. The summed E-state index contributed by atoms with van der Waals surface area (Å²) >= 11 is 0. The van der Waals surface area contributed by atoms with Crippen molar-refractivity contribution in [1.29, 1.82) is 0 Å². The number of pyridine rings is 1. The minimum Gasteiger partial charge on any atom is -0.346 e. The molecule has 0 aliphatic carbocycles. The van der Waals surface area contributed by atoms with Gasteiger partial charge in [-0.3, -0.25) is 9.20 Å². The molecule has 6 heteroatoms. The largest absolute Gasteiger partial charge is 0.346 e. The third-order valence-corrected chi connectivity index (χ3v) is 4.08. The summed E-state index contributed by atoms with van der Waals surface area (Å²) in [4.78, 5) is 12.4. The monoisotopic (exact) mass is 287 g/mol. The molecule has 1 aliphatic heterocycles. The molecule has 3 rings (SSSR count). The molecule has 3 atom stereocenters. The first-order valence-electron chi connectivity index (χ1n) is 7.48. The maximum absolute atomic E-state index is 12.4. The quantitative estimate of drug-likeness (QED) is 0.892. The number of nitrogens with one attached hydrogen (secondary N) is 2. The summed E-state index contributed by atoms with van der Waals surface area (Å²) in [6, 6.07) is 6.01. The van der Waals surface area contributed by atoms with Gasteiger partial charge in [0.25, 0.3) is 0 Å². The fourth-order valence-electron chi connectivity index (χ4n) is 2.92. The van der Waals surface area contributed by atoms with E-state index in [0.29, 0.717) is 6.04 Å². The minimum atomic E-state index is -0.153. The van der Waals surface area contributed by atoms with Crippen LogP contribution < -0.4 is 10.6 Å². The number of rotatable bonds is 3. The van der Waals surface area contributed by atoms with Crippen LogP contribution >= 0.6 is 0 Å². The lowest BCUT2D eigenvalue weighted by atomic mass is 9.92. The smallest absolute Gasteiger partial charge is 0.223 e. The number of carbonyl (C=O) groups excluding carboxylic acids is 1. The van der Waals surface area contributed by atoms with Gasteiger partial charge in [-0.05, 0) is 45.4 Å². The normalized spacial score (nSPS) is 23.9. The van der Waals surface area contributed by atoms with Crippen LogP contribution in [0.15, 0.2) is 24.4 Å². The molecule has 3 heterocycles. The average molecular weight is 287 g/mol. The van der Waals surface area contributed by atoms with E-state index in [4.69, 9.17) is 0 Å². The Morgan fingerprint density at radius 2 is 2.33 bits per heavy atom. The van der Waals surface area contributed by atoms with Crippen molar-refractivity contribution in [2.75, 3.05) is 6.54 Å². The zero-order valence-corrected chi connectivity index (χ0v) is 12.4. The van der Waals surface area contributed by atoms with E-state index in [1.165, 1.54) is 0 Å². The van der Waals surface area contributed by atoms with E-state index in [1.807, 2.05) is 35.7 Å². The summed E-state index contributed by atoms with van der Waals surface area (Å²) in [5.41, 5.74) is 0.795. The maximum Gasteiger partial charge on any atom is 0.223 e. The third-order valence-electron chi connectivity index (χ3n) is 4.08. The second-order valence-electron chi connectivity index (χ2n) is 5.79. The summed E-state index contributed by atoms with van der Waals surface area (Å²) < 4.78 is 1.91. The van der Waals surface area contributed by atoms with Crippen LogP contribution in [-0.2, 0) is 4.79 Å². The standard InChI is InChI=1S/C15H21N5O/c1-10-9-12(6-7-16-10)15(21)17-11(2)14-19-18-13-5-3-4-8-20(13)14/h3-5,8,10-12,16H,6-7,9H2,1-2H3,(H,17,21). The summed E-state index contributed by atoms with van der Waals surface area (Å²) in [5, 5.41) is 14.8. The van der Waals surface area contributed by atoms with Crippen molar-refractivity contribution in [3.05, 3.63) is 30.2 Å². The molecule has 3 unspecified atom stereocenters. The van der Waals surface area contributed by atoms with Crippen LogP contribution in [-0.4, -0.2) is 33.1 Å². The molecule has 1 aliphatic rings. The predicted octanol–water partition coefficient (Wildman–Crippen LogP) is 1.29. The predicted molar refractivity (Wildman–Crippen MR) is 79.7 cm³/mol. The number of hydrogen-bond donors (Lipinski definition) is 2. The van der Waals surface area contributed by atoms with Gasteiger partial charge in [0.2, 0.25) is 5.91 Å². The van der Waals surface area contributed by atoms with Gasteiger partial charge >= 0.3 is 0 Å². The Balaban J connectivity index is 1.71. The summed E-state index contributed by atoms with van der Waals surface area (Å²) in [6.07, 6.45) is 3.70. The Labute approximate surface area is 123 Å². The molecule has 1 saturated heterocycles. The lowest BCUT2D eigenvalue weighted by Gasteiger charge is -2.28. The van der Waals surface area contributed by atoms with Crippen molar-refractivity contribution in [2.45, 2.75) is 38.8 Å². The lowest BCUT2D eigenvalue weighted by Crippen LogP contribution is -2.43. The van der Waals surface area contributed by atoms with Gasteiger partial charge in [0.15, 0.2) is 11.5 Å². The Morgan fingerprint density at radius 1 is 1.48 bits per heavy atom. The highest BCUT2D eigenvalue weighted by molar-refractivity contribution is 5.79. The van der Waals surface area contributed by atoms with Crippen LogP contribution in [0.1, 0.15) is 38.6 Å². The molecule has 0 radical (unpaired) electrons. The van der Waals surface area contributed by atoms with Gasteiger partial charge in [-0.1, -0.05) is 6.07 Å². The molecule has 21 heavy (non-hydrogen) atoms. The SMILES string of the molecule is CC1CC(C(=O)NC(C)c2nnc3ccccn23)CCN1.